The number of rotatable bonds is 12. The van der Waals surface area contributed by atoms with Crippen molar-refractivity contribution in [3.05, 3.63) is 120 Å². The number of amides is 1. The third-order valence-corrected chi connectivity index (χ3v) is 10.4. The van der Waals surface area contributed by atoms with Crippen LogP contribution in [0.25, 0.3) is 11.1 Å². The van der Waals surface area contributed by atoms with Gasteiger partial charge in [-0.05, 0) is 59.9 Å². The molecular formula is C37H38FNO10S. The average molecular weight is 708 g/mol. The third kappa shape index (κ3) is 7.44. The molecule has 11 nitrogen and oxygen atoms in total. The zero-order valence-electron chi connectivity index (χ0n) is 26.8. The van der Waals surface area contributed by atoms with Crippen LogP contribution in [0.1, 0.15) is 36.1 Å². The lowest BCUT2D eigenvalue weighted by atomic mass is 9.77. The molecular weight excluding hydrogens is 669 g/mol. The quantitative estimate of drug-likeness (QED) is 0.109. The summed E-state index contributed by atoms with van der Waals surface area (Å²) < 4.78 is 52.0. The Morgan fingerprint density at radius 2 is 1.46 bits per heavy atom. The number of para-hydroxylation sites is 1. The van der Waals surface area contributed by atoms with Crippen LogP contribution in [0.5, 0.6) is 5.75 Å². The van der Waals surface area contributed by atoms with E-state index in [-0.39, 0.29) is 24.5 Å². The fourth-order valence-electron chi connectivity index (χ4n) is 6.60. The molecule has 2 heterocycles. The van der Waals surface area contributed by atoms with Gasteiger partial charge >= 0.3 is 10.1 Å². The summed E-state index contributed by atoms with van der Waals surface area (Å²) in [6.07, 6.45) is -8.69. The number of β-lactam (4-membered cyclic amide) rings is 1. The number of aliphatic hydroxyl groups excluding tert-OH is 5. The minimum absolute atomic E-state index is 0.0848. The Bertz CT molecular complexity index is 1880. The molecule has 1 amide bonds. The first kappa shape index (κ1) is 35.6. The number of aliphatic hydroxyl groups is 5. The highest BCUT2D eigenvalue weighted by Crippen LogP contribution is 2.49. The lowest BCUT2D eigenvalue weighted by Crippen LogP contribution is -2.60. The molecule has 6 rings (SSSR count). The van der Waals surface area contributed by atoms with E-state index in [1.807, 2.05) is 30.3 Å². The summed E-state index contributed by atoms with van der Waals surface area (Å²) >= 11 is 0. The van der Waals surface area contributed by atoms with Crippen LogP contribution in [0.4, 0.5) is 10.1 Å². The minimum Gasteiger partial charge on any atom is -0.394 e. The fourth-order valence-corrected chi connectivity index (χ4v) is 7.76. The van der Waals surface area contributed by atoms with E-state index in [4.69, 9.17) is 8.92 Å². The first-order chi connectivity index (χ1) is 24.0. The molecule has 50 heavy (non-hydrogen) atoms. The average Bonchev–Trinajstić information content (AvgIpc) is 3.11. The Hall–Kier alpha value is -4.21. The molecule has 264 valence electrons. The molecule has 8 atom stereocenters. The van der Waals surface area contributed by atoms with E-state index in [2.05, 4.69) is 0 Å². The zero-order valence-corrected chi connectivity index (χ0v) is 27.6. The van der Waals surface area contributed by atoms with Gasteiger partial charge in [0.25, 0.3) is 0 Å². The van der Waals surface area contributed by atoms with Crippen molar-refractivity contribution < 1.29 is 52.1 Å². The molecule has 0 aliphatic carbocycles. The standard InChI is InChI=1S/C37H38FNO10S/c38-25-14-11-23(12-15-25)29(41)18-17-28-33(39(37(28)45)26-9-5-2-6-10-26)27-16-13-24(22-7-3-1-4-8-22)19-30(27)49-50(46,47)21-32-35(43)36(44)34(42)31(20-40)48-32/h1-16,19,28-29,31-36,40-44H,17-18,20-21H2. The van der Waals surface area contributed by atoms with Gasteiger partial charge in [-0.3, -0.25) is 4.79 Å². The maximum atomic E-state index is 13.8. The van der Waals surface area contributed by atoms with Crippen LogP contribution in [-0.2, 0) is 19.6 Å². The second-order valence-electron chi connectivity index (χ2n) is 12.5. The van der Waals surface area contributed by atoms with Gasteiger partial charge in [-0.1, -0.05) is 72.8 Å². The highest BCUT2D eigenvalue weighted by Gasteiger charge is 2.50. The van der Waals surface area contributed by atoms with E-state index in [1.54, 1.807) is 53.4 Å². The van der Waals surface area contributed by atoms with Crippen molar-refractivity contribution >= 4 is 21.7 Å². The maximum absolute atomic E-state index is 13.8. The summed E-state index contributed by atoms with van der Waals surface area (Å²) in [7, 11) is -4.59. The van der Waals surface area contributed by atoms with Crippen LogP contribution in [-0.4, -0.2) is 82.7 Å². The molecule has 0 saturated carbocycles. The molecule has 2 saturated heterocycles. The van der Waals surface area contributed by atoms with Crippen molar-refractivity contribution in [3.63, 3.8) is 0 Å². The molecule has 2 fully saturated rings. The predicted molar refractivity (Wildman–Crippen MR) is 181 cm³/mol. The SMILES string of the molecule is O=C1C(CCC(O)c2ccc(F)cc2)C(c2ccc(-c3ccccc3)cc2OS(=O)(=O)CC2OC(CO)C(O)C(O)C2O)N1c1ccccc1. The number of nitrogens with zero attached hydrogens (tertiary/aromatic N) is 1. The van der Waals surface area contributed by atoms with Crippen molar-refractivity contribution in [3.8, 4) is 16.9 Å². The summed E-state index contributed by atoms with van der Waals surface area (Å²) in [5, 5.41) is 51.4. The van der Waals surface area contributed by atoms with Gasteiger partial charge < -0.3 is 39.4 Å². The first-order valence-electron chi connectivity index (χ1n) is 16.2. The molecule has 4 aromatic rings. The Morgan fingerprint density at radius 1 is 0.820 bits per heavy atom. The van der Waals surface area contributed by atoms with Gasteiger partial charge in [0.15, 0.2) is 0 Å². The molecule has 2 aliphatic rings. The van der Waals surface area contributed by atoms with E-state index in [0.29, 0.717) is 22.4 Å². The number of anilines is 1. The largest absolute Gasteiger partial charge is 0.394 e. The second-order valence-corrected chi connectivity index (χ2v) is 14.1. The number of hydrogen-bond donors (Lipinski definition) is 5. The van der Waals surface area contributed by atoms with Crippen LogP contribution >= 0.6 is 0 Å². The van der Waals surface area contributed by atoms with Crippen LogP contribution < -0.4 is 9.08 Å². The highest BCUT2D eigenvalue weighted by atomic mass is 32.2. The van der Waals surface area contributed by atoms with Gasteiger partial charge in [-0.15, -0.1) is 0 Å². The molecule has 0 spiro atoms. The van der Waals surface area contributed by atoms with Gasteiger partial charge in [-0.25, -0.2) is 4.39 Å². The topological polar surface area (TPSA) is 174 Å². The van der Waals surface area contributed by atoms with E-state index in [0.717, 1.165) is 5.56 Å². The molecule has 13 heteroatoms. The van der Waals surface area contributed by atoms with Gasteiger partial charge in [0.2, 0.25) is 5.91 Å². The fraction of sp³-hybridized carbons (Fsp3) is 0.324. The molecule has 0 aromatic heterocycles. The zero-order chi connectivity index (χ0) is 35.6. The third-order valence-electron chi connectivity index (χ3n) is 9.27. The van der Waals surface area contributed by atoms with Gasteiger partial charge in [-0.2, -0.15) is 8.42 Å². The van der Waals surface area contributed by atoms with E-state index in [9.17, 15) is 43.1 Å². The first-order valence-corrected chi connectivity index (χ1v) is 17.8. The van der Waals surface area contributed by atoms with Crippen molar-refractivity contribution in [1.29, 1.82) is 0 Å². The number of carbonyl (C=O) groups excluding carboxylic acids is 1. The molecule has 0 radical (unpaired) electrons. The molecule has 8 unspecified atom stereocenters. The number of hydrogen-bond acceptors (Lipinski definition) is 10. The van der Waals surface area contributed by atoms with Crippen molar-refractivity contribution in [2.45, 2.75) is 55.5 Å². The second kappa shape index (κ2) is 15.0. The van der Waals surface area contributed by atoms with Gasteiger partial charge in [0.05, 0.1) is 24.7 Å². The monoisotopic (exact) mass is 707 g/mol. The van der Waals surface area contributed by atoms with Gasteiger partial charge in [0.1, 0.15) is 47.8 Å². The Labute approximate surface area is 288 Å². The van der Waals surface area contributed by atoms with Crippen molar-refractivity contribution in [2.75, 3.05) is 17.3 Å². The summed E-state index contributed by atoms with van der Waals surface area (Å²) in [5.41, 5.74) is 2.81. The summed E-state index contributed by atoms with van der Waals surface area (Å²) in [6.45, 7) is -0.728. The normalized spacial score (nSPS) is 25.9. The molecule has 0 bridgehead atoms. The number of halogens is 1. The summed E-state index contributed by atoms with van der Waals surface area (Å²) in [6, 6.07) is 27.8. The lowest BCUT2D eigenvalue weighted by molar-refractivity contribution is -0.223. The molecule has 5 N–H and O–H groups in total. The predicted octanol–water partition coefficient (Wildman–Crippen LogP) is 3.26. The minimum atomic E-state index is -4.59. The number of ether oxygens (including phenoxy) is 1. The molecule has 4 aromatic carbocycles. The number of benzene rings is 4. The smallest absolute Gasteiger partial charge is 0.311 e. The highest BCUT2D eigenvalue weighted by molar-refractivity contribution is 7.87. The van der Waals surface area contributed by atoms with E-state index >= 15 is 0 Å². The van der Waals surface area contributed by atoms with Crippen LogP contribution in [0.15, 0.2) is 103 Å². The van der Waals surface area contributed by atoms with E-state index < -0.39 is 76.9 Å². The molecule has 2 aliphatic heterocycles. The van der Waals surface area contributed by atoms with Crippen LogP contribution in [0.2, 0.25) is 0 Å². The summed E-state index contributed by atoms with van der Waals surface area (Å²) in [4.78, 5) is 15.3. The van der Waals surface area contributed by atoms with Gasteiger partial charge in [0, 0.05) is 11.3 Å². The number of carbonyl (C=O) groups is 1. The Kier molecular flexibility index (Phi) is 10.6. The Balaban J connectivity index is 1.35. The summed E-state index contributed by atoms with van der Waals surface area (Å²) in [5.74, 6) is -2.39. The Morgan fingerprint density at radius 3 is 2.12 bits per heavy atom. The van der Waals surface area contributed by atoms with Crippen molar-refractivity contribution in [1.82, 2.24) is 0 Å². The maximum Gasteiger partial charge on any atom is 0.311 e. The van der Waals surface area contributed by atoms with E-state index in [1.165, 1.54) is 24.3 Å². The van der Waals surface area contributed by atoms with Crippen LogP contribution in [0.3, 0.4) is 0 Å². The van der Waals surface area contributed by atoms with Crippen molar-refractivity contribution in [2.24, 2.45) is 5.92 Å². The van der Waals surface area contributed by atoms with Crippen LogP contribution in [0, 0.1) is 11.7 Å². The lowest BCUT2D eigenvalue weighted by Gasteiger charge is -2.48.